The molecule has 0 saturated heterocycles. The fourth-order valence-corrected chi connectivity index (χ4v) is 2.36. The Labute approximate surface area is 116 Å². The lowest BCUT2D eigenvalue weighted by Gasteiger charge is -2.06. The van der Waals surface area contributed by atoms with Crippen molar-refractivity contribution in [2.75, 3.05) is 13.2 Å². The topological polar surface area (TPSA) is 35.2 Å². The fraction of sp³-hybridized carbons (Fsp3) is 0.143. The monoisotopic (exact) mass is 279 g/mol. The molecule has 0 saturated carbocycles. The van der Waals surface area contributed by atoms with Crippen LogP contribution in [-0.2, 0) is 0 Å². The molecule has 0 unspecified atom stereocenters. The second-order valence-corrected chi connectivity index (χ2v) is 5.25. The summed E-state index contributed by atoms with van der Waals surface area (Å²) in [6, 6.07) is 15.8. The Balaban J connectivity index is 1.99. The first kappa shape index (κ1) is 13.3. The van der Waals surface area contributed by atoms with Crippen molar-refractivity contribution in [2.45, 2.75) is 9.79 Å². The SMILES string of the molecule is NCCOc1ccc(Sc2ccc(Cl)cc2)cc1. The minimum Gasteiger partial charge on any atom is -0.492 e. The highest BCUT2D eigenvalue weighted by Gasteiger charge is 1.98. The summed E-state index contributed by atoms with van der Waals surface area (Å²) in [6.45, 7) is 1.07. The highest BCUT2D eigenvalue weighted by atomic mass is 35.5. The van der Waals surface area contributed by atoms with Gasteiger partial charge < -0.3 is 10.5 Å². The number of hydrogen-bond donors (Lipinski definition) is 1. The normalized spacial score (nSPS) is 10.3. The Hall–Kier alpha value is -1.16. The molecule has 2 N–H and O–H groups in total. The van der Waals surface area contributed by atoms with Crippen molar-refractivity contribution in [3.63, 3.8) is 0 Å². The van der Waals surface area contributed by atoms with Gasteiger partial charge in [0.1, 0.15) is 12.4 Å². The molecule has 0 aliphatic carbocycles. The van der Waals surface area contributed by atoms with Crippen LogP contribution in [0.4, 0.5) is 0 Å². The van der Waals surface area contributed by atoms with Gasteiger partial charge in [-0.25, -0.2) is 0 Å². The minimum atomic E-state index is 0.529. The van der Waals surface area contributed by atoms with E-state index in [0.29, 0.717) is 13.2 Å². The summed E-state index contributed by atoms with van der Waals surface area (Å²) < 4.78 is 5.42. The first-order valence-electron chi connectivity index (χ1n) is 5.64. The van der Waals surface area contributed by atoms with Gasteiger partial charge in [-0.1, -0.05) is 23.4 Å². The summed E-state index contributed by atoms with van der Waals surface area (Å²) in [5.41, 5.74) is 5.38. The van der Waals surface area contributed by atoms with E-state index in [2.05, 4.69) is 0 Å². The largest absolute Gasteiger partial charge is 0.492 e. The molecule has 0 atom stereocenters. The van der Waals surface area contributed by atoms with Crippen LogP contribution in [0.15, 0.2) is 58.3 Å². The molecule has 0 fully saturated rings. The van der Waals surface area contributed by atoms with Crippen molar-refractivity contribution >= 4 is 23.4 Å². The molecule has 0 aliphatic heterocycles. The van der Waals surface area contributed by atoms with E-state index in [9.17, 15) is 0 Å². The summed E-state index contributed by atoms with van der Waals surface area (Å²) in [7, 11) is 0. The van der Waals surface area contributed by atoms with E-state index < -0.39 is 0 Å². The molecular weight excluding hydrogens is 266 g/mol. The molecule has 18 heavy (non-hydrogen) atoms. The van der Waals surface area contributed by atoms with E-state index in [0.717, 1.165) is 20.6 Å². The Morgan fingerprint density at radius 2 is 1.50 bits per heavy atom. The lowest BCUT2D eigenvalue weighted by atomic mass is 10.3. The van der Waals surface area contributed by atoms with Crippen LogP contribution in [0.25, 0.3) is 0 Å². The molecule has 0 spiro atoms. The third-order valence-electron chi connectivity index (χ3n) is 2.26. The second kappa shape index (κ2) is 6.69. The number of rotatable bonds is 5. The van der Waals surface area contributed by atoms with E-state index in [1.807, 2.05) is 48.5 Å². The van der Waals surface area contributed by atoms with Crippen LogP contribution in [0.2, 0.25) is 5.02 Å². The average molecular weight is 280 g/mol. The summed E-state index contributed by atoms with van der Waals surface area (Å²) >= 11 is 7.54. The molecule has 2 aromatic rings. The number of hydrogen-bond acceptors (Lipinski definition) is 3. The number of ether oxygens (including phenoxy) is 1. The fourth-order valence-electron chi connectivity index (χ4n) is 1.42. The first-order chi connectivity index (χ1) is 8.78. The van der Waals surface area contributed by atoms with E-state index >= 15 is 0 Å². The summed E-state index contributed by atoms with van der Waals surface area (Å²) in [5, 5.41) is 0.755. The highest BCUT2D eigenvalue weighted by Crippen LogP contribution is 2.29. The van der Waals surface area contributed by atoms with Crippen molar-refractivity contribution in [3.8, 4) is 5.75 Å². The van der Waals surface area contributed by atoms with Crippen LogP contribution >= 0.6 is 23.4 Å². The molecule has 2 aromatic carbocycles. The molecule has 4 heteroatoms. The van der Waals surface area contributed by atoms with Crippen LogP contribution in [0.5, 0.6) is 5.75 Å². The molecule has 0 aliphatic rings. The van der Waals surface area contributed by atoms with Crippen LogP contribution in [0.1, 0.15) is 0 Å². The van der Waals surface area contributed by atoms with Gasteiger partial charge in [0.25, 0.3) is 0 Å². The van der Waals surface area contributed by atoms with E-state index in [4.69, 9.17) is 22.1 Å². The predicted octanol–water partition coefficient (Wildman–Crippen LogP) is 3.83. The molecule has 94 valence electrons. The maximum atomic E-state index is 5.85. The minimum absolute atomic E-state index is 0.529. The van der Waals surface area contributed by atoms with Crippen LogP contribution in [-0.4, -0.2) is 13.2 Å². The zero-order valence-electron chi connectivity index (χ0n) is 9.80. The smallest absolute Gasteiger partial charge is 0.119 e. The summed E-state index contributed by atoms with van der Waals surface area (Å²) in [5.74, 6) is 0.848. The van der Waals surface area contributed by atoms with Gasteiger partial charge >= 0.3 is 0 Å². The van der Waals surface area contributed by atoms with Crippen molar-refractivity contribution in [1.82, 2.24) is 0 Å². The zero-order valence-corrected chi connectivity index (χ0v) is 11.4. The van der Waals surface area contributed by atoms with Crippen LogP contribution in [0, 0.1) is 0 Å². The molecular formula is C14H14ClNOS. The van der Waals surface area contributed by atoms with Gasteiger partial charge in [0.05, 0.1) is 0 Å². The molecule has 0 bridgehead atoms. The van der Waals surface area contributed by atoms with Gasteiger partial charge in [0.15, 0.2) is 0 Å². The zero-order chi connectivity index (χ0) is 12.8. The van der Waals surface area contributed by atoms with E-state index in [1.165, 1.54) is 0 Å². The van der Waals surface area contributed by atoms with Gasteiger partial charge in [0.2, 0.25) is 0 Å². The number of halogens is 1. The Bertz CT molecular complexity index is 484. The molecule has 0 heterocycles. The average Bonchev–Trinajstić information content (AvgIpc) is 2.41. The predicted molar refractivity (Wildman–Crippen MR) is 76.6 cm³/mol. The quantitative estimate of drug-likeness (QED) is 0.903. The van der Waals surface area contributed by atoms with E-state index in [-0.39, 0.29) is 0 Å². The highest BCUT2D eigenvalue weighted by molar-refractivity contribution is 7.99. The van der Waals surface area contributed by atoms with Gasteiger partial charge in [-0.05, 0) is 48.5 Å². The van der Waals surface area contributed by atoms with Crippen molar-refractivity contribution in [2.24, 2.45) is 5.73 Å². The Kier molecular flexibility index (Phi) is 4.93. The summed E-state index contributed by atoms with van der Waals surface area (Å²) in [4.78, 5) is 2.33. The third-order valence-corrected chi connectivity index (χ3v) is 3.53. The van der Waals surface area contributed by atoms with Gasteiger partial charge in [-0.3, -0.25) is 0 Å². The molecule has 2 rings (SSSR count). The van der Waals surface area contributed by atoms with E-state index in [1.54, 1.807) is 11.8 Å². The van der Waals surface area contributed by atoms with Crippen LogP contribution in [0.3, 0.4) is 0 Å². The maximum Gasteiger partial charge on any atom is 0.119 e. The lowest BCUT2D eigenvalue weighted by molar-refractivity contribution is 0.328. The lowest BCUT2D eigenvalue weighted by Crippen LogP contribution is -2.10. The van der Waals surface area contributed by atoms with Crippen molar-refractivity contribution in [3.05, 3.63) is 53.6 Å². The number of nitrogens with two attached hydrogens (primary N) is 1. The van der Waals surface area contributed by atoms with Gasteiger partial charge in [-0.2, -0.15) is 0 Å². The molecule has 0 aromatic heterocycles. The third kappa shape index (κ3) is 3.95. The molecule has 2 nitrogen and oxygen atoms in total. The first-order valence-corrected chi connectivity index (χ1v) is 6.84. The van der Waals surface area contributed by atoms with Crippen molar-refractivity contribution in [1.29, 1.82) is 0 Å². The summed E-state index contributed by atoms with van der Waals surface area (Å²) in [6.07, 6.45) is 0. The Morgan fingerprint density at radius 1 is 0.944 bits per heavy atom. The van der Waals surface area contributed by atoms with Gasteiger partial charge in [0, 0.05) is 21.4 Å². The maximum absolute atomic E-state index is 5.85. The number of benzene rings is 2. The molecule has 0 amide bonds. The van der Waals surface area contributed by atoms with Gasteiger partial charge in [-0.15, -0.1) is 0 Å². The van der Waals surface area contributed by atoms with Crippen molar-refractivity contribution < 1.29 is 4.74 Å². The van der Waals surface area contributed by atoms with Crippen LogP contribution < -0.4 is 10.5 Å². The molecule has 0 radical (unpaired) electrons. The standard InChI is InChI=1S/C14H14ClNOS/c15-11-1-5-13(6-2-11)18-14-7-3-12(4-8-14)17-10-9-16/h1-8H,9-10,16H2. The second-order valence-electron chi connectivity index (χ2n) is 3.66. The Morgan fingerprint density at radius 3 is 2.06 bits per heavy atom.